The molecule has 7 heterocycles. The van der Waals surface area contributed by atoms with Crippen molar-refractivity contribution in [2.45, 2.75) is 49.1 Å². The summed E-state index contributed by atoms with van der Waals surface area (Å²) >= 11 is 10.4. The van der Waals surface area contributed by atoms with Gasteiger partial charge in [-0.05, 0) is 29.7 Å². The third kappa shape index (κ3) is 5.58. The zero-order valence-corrected chi connectivity index (χ0v) is 25.9. The minimum absolute atomic E-state index is 0.0296. The number of ether oxygens (including phenoxy) is 2. The molecule has 8 N–H and O–H groups in total. The van der Waals surface area contributed by atoms with Crippen LogP contribution in [0.5, 0.6) is 0 Å². The number of imidazole rings is 2. The summed E-state index contributed by atoms with van der Waals surface area (Å²) in [5, 5.41) is 11.1. The van der Waals surface area contributed by atoms with Crippen molar-refractivity contribution in [3.63, 3.8) is 0 Å². The van der Waals surface area contributed by atoms with Gasteiger partial charge in [-0.25, -0.2) is 19.3 Å². The van der Waals surface area contributed by atoms with Gasteiger partial charge in [0.25, 0.3) is 5.56 Å². The van der Waals surface area contributed by atoms with E-state index in [1.165, 1.54) is 34.1 Å². The maximum absolute atomic E-state index is 16.0. The molecule has 19 nitrogen and oxygen atoms in total. The molecule has 3 aliphatic heterocycles. The van der Waals surface area contributed by atoms with Crippen molar-refractivity contribution in [2.75, 3.05) is 24.7 Å². The van der Waals surface area contributed by atoms with Crippen LogP contribution in [0.2, 0.25) is 0 Å². The predicted octanol–water partition coefficient (Wildman–Crippen LogP) is -0.527. The molecule has 242 valence electrons. The molecule has 0 aliphatic carbocycles. The Bertz CT molecular complexity index is 1950. The van der Waals surface area contributed by atoms with E-state index in [0.29, 0.717) is 11.2 Å². The number of nitrogens with two attached hydrogens (primary N) is 2. The molecule has 3 saturated heterocycles. The number of aliphatic hydroxyl groups excluding tert-OH is 1. The number of hydrogen-bond donors (Lipinski definition) is 6. The lowest BCUT2D eigenvalue weighted by atomic mass is 10.1. The van der Waals surface area contributed by atoms with Crippen molar-refractivity contribution in [1.29, 1.82) is 0 Å². The van der Waals surface area contributed by atoms with E-state index < -0.39 is 81.4 Å². The number of aromatic amines is 1. The van der Waals surface area contributed by atoms with Crippen LogP contribution in [0.25, 0.3) is 22.3 Å². The van der Waals surface area contributed by atoms with Crippen molar-refractivity contribution in [1.82, 2.24) is 34.1 Å². The average molecular weight is 708 g/mol. The standard InChI is InChI=1S/C21H24FN9O10P2S2/c22-10-14-9(39-19(10)30-5-26-11-7(23)1-2-25-16(11)30)4-37-43(35,45)41-15-13(32)8(3-36-42(34,44)40-14)38-20(15)31-6-27-12-17(31)28-21(24)29-18(12)33/h1-2,5-6,8-10,13-15,19-20,32H,3-4H2,(H2,23,25)(H,34,44)(H,35,45)(H3,24,28,29,33)/t8-,9-,10-,13-,14-,15-,19-,20-,42?,43?/m1/s1. The first-order valence-corrected chi connectivity index (χ1v) is 18.2. The van der Waals surface area contributed by atoms with Crippen LogP contribution in [0, 0.1) is 0 Å². The fraction of sp³-hybridized carbons (Fsp3) is 0.476. The number of nitrogens with one attached hydrogen (secondary N) is 1. The fourth-order valence-electron chi connectivity index (χ4n) is 5.34. The second-order valence-electron chi connectivity index (χ2n) is 10.2. The van der Waals surface area contributed by atoms with Crippen molar-refractivity contribution in [2.24, 2.45) is 0 Å². The summed E-state index contributed by atoms with van der Waals surface area (Å²) in [5.74, 6) is -0.223. The summed E-state index contributed by atoms with van der Waals surface area (Å²) in [6.45, 7) is -9.69. The van der Waals surface area contributed by atoms with Crippen LogP contribution in [0.15, 0.2) is 29.7 Å². The molecule has 7 rings (SSSR count). The Hall–Kier alpha value is -2.56. The predicted molar refractivity (Wildman–Crippen MR) is 158 cm³/mol. The van der Waals surface area contributed by atoms with Gasteiger partial charge in [0.1, 0.15) is 36.0 Å². The normalized spacial score (nSPS) is 37.7. The van der Waals surface area contributed by atoms with E-state index in [-0.39, 0.29) is 22.8 Å². The molecule has 4 aromatic rings. The summed E-state index contributed by atoms with van der Waals surface area (Å²) in [6, 6.07) is 1.53. The number of fused-ring (bicyclic) bond motifs is 5. The first kappa shape index (κ1) is 31.1. The summed E-state index contributed by atoms with van der Waals surface area (Å²) in [6.07, 6.45) is -8.00. The maximum atomic E-state index is 16.0. The second kappa shape index (κ2) is 11.3. The van der Waals surface area contributed by atoms with Crippen LogP contribution in [-0.4, -0.2) is 98.9 Å². The minimum atomic E-state index is -4.26. The summed E-state index contributed by atoms with van der Waals surface area (Å²) < 4.78 is 52.7. The molecular formula is C21H24FN9O10P2S2. The van der Waals surface area contributed by atoms with Gasteiger partial charge in [-0.3, -0.25) is 28.0 Å². The van der Waals surface area contributed by atoms with E-state index in [0.717, 1.165) is 0 Å². The number of hydrogen-bond acceptors (Lipinski definition) is 16. The topological polar surface area (TPSA) is 262 Å². The van der Waals surface area contributed by atoms with Crippen LogP contribution >= 0.6 is 13.4 Å². The Morgan fingerprint density at radius 3 is 2.29 bits per heavy atom. The van der Waals surface area contributed by atoms with Gasteiger partial charge in [-0.1, -0.05) is 0 Å². The number of aliphatic hydroxyl groups is 1. The number of alkyl halides is 1. The zero-order chi connectivity index (χ0) is 31.8. The van der Waals surface area contributed by atoms with Crippen LogP contribution < -0.4 is 17.0 Å². The van der Waals surface area contributed by atoms with Gasteiger partial charge in [0.15, 0.2) is 35.4 Å². The van der Waals surface area contributed by atoms with Crippen LogP contribution in [-0.2, 0) is 51.2 Å². The Kier molecular flexibility index (Phi) is 7.80. The highest BCUT2D eigenvalue weighted by molar-refractivity contribution is 8.07. The smallest absolute Gasteiger partial charge is 0.325 e. The lowest BCUT2D eigenvalue weighted by Gasteiger charge is -2.27. The van der Waals surface area contributed by atoms with E-state index in [1.807, 2.05) is 0 Å². The highest BCUT2D eigenvalue weighted by Crippen LogP contribution is 2.54. The largest absolute Gasteiger partial charge is 0.397 e. The molecule has 2 bridgehead atoms. The van der Waals surface area contributed by atoms with Crippen molar-refractivity contribution >= 4 is 71.0 Å². The van der Waals surface area contributed by atoms with Gasteiger partial charge in [0.05, 0.1) is 31.6 Å². The number of rotatable bonds is 2. The van der Waals surface area contributed by atoms with E-state index in [4.69, 9.17) is 62.6 Å². The Balaban J connectivity index is 1.21. The molecule has 10 atom stereocenters. The highest BCUT2D eigenvalue weighted by Gasteiger charge is 2.53. The van der Waals surface area contributed by atoms with Crippen molar-refractivity contribution in [3.8, 4) is 0 Å². The van der Waals surface area contributed by atoms with Gasteiger partial charge < -0.3 is 44.9 Å². The van der Waals surface area contributed by atoms with Gasteiger partial charge in [0.2, 0.25) is 5.95 Å². The Morgan fingerprint density at radius 1 is 0.933 bits per heavy atom. The van der Waals surface area contributed by atoms with Crippen molar-refractivity contribution < 1.29 is 46.9 Å². The number of nitrogen functional groups attached to an aromatic ring is 2. The molecule has 0 radical (unpaired) electrons. The van der Waals surface area contributed by atoms with E-state index >= 15 is 4.39 Å². The monoisotopic (exact) mass is 707 g/mol. The summed E-state index contributed by atoms with van der Waals surface area (Å²) in [5.41, 5.74) is 11.7. The first-order chi connectivity index (χ1) is 21.3. The van der Waals surface area contributed by atoms with Gasteiger partial charge in [-0.15, -0.1) is 0 Å². The fourth-order valence-corrected chi connectivity index (χ4v) is 8.19. The number of halogens is 1. The SMILES string of the molecule is Nc1nc2c(ncn2[C@@H]2O[C@@H]3COP(O)(=S)O[C@H]4[C@@H](F)[C@H](n5cnc6c(N)ccnc65)O[C@@H]4COP(O)(=S)O[C@@H]2[C@@H]3O)c(=O)[nH]1. The molecule has 45 heavy (non-hydrogen) atoms. The molecule has 2 unspecified atom stereocenters. The molecule has 0 spiro atoms. The number of nitrogens with zero attached hydrogens (tertiary/aromatic N) is 6. The van der Waals surface area contributed by atoms with E-state index in [9.17, 15) is 19.7 Å². The average Bonchev–Trinajstić information content (AvgIpc) is 3.72. The minimum Gasteiger partial charge on any atom is -0.397 e. The lowest BCUT2D eigenvalue weighted by Crippen LogP contribution is -2.35. The molecule has 0 saturated carbocycles. The van der Waals surface area contributed by atoms with E-state index in [1.54, 1.807) is 0 Å². The summed E-state index contributed by atoms with van der Waals surface area (Å²) in [7, 11) is 0. The molecule has 24 heteroatoms. The Morgan fingerprint density at radius 2 is 1.56 bits per heavy atom. The molecule has 3 aliphatic rings. The molecule has 0 aromatic carbocycles. The number of H-pyrrole nitrogens is 1. The third-order valence-corrected chi connectivity index (χ3v) is 10.5. The van der Waals surface area contributed by atoms with Crippen LogP contribution in [0.1, 0.15) is 12.5 Å². The van der Waals surface area contributed by atoms with E-state index in [2.05, 4.69) is 24.9 Å². The summed E-state index contributed by atoms with van der Waals surface area (Å²) in [4.78, 5) is 53.2. The first-order valence-electron chi connectivity index (χ1n) is 13.1. The third-order valence-electron chi connectivity index (χ3n) is 7.38. The lowest BCUT2D eigenvalue weighted by molar-refractivity contribution is -0.0602. The number of pyridine rings is 1. The van der Waals surface area contributed by atoms with Crippen LogP contribution in [0.3, 0.4) is 0 Å². The molecule has 3 fully saturated rings. The second-order valence-corrected chi connectivity index (χ2v) is 15.8. The Labute approximate surface area is 260 Å². The van der Waals surface area contributed by atoms with Gasteiger partial charge >= 0.3 is 13.4 Å². The maximum Gasteiger partial charge on any atom is 0.325 e. The number of aromatic nitrogens is 7. The quantitative estimate of drug-likeness (QED) is 0.143. The molecule has 0 amide bonds. The number of anilines is 2. The molecule has 4 aromatic heterocycles. The van der Waals surface area contributed by atoms with Gasteiger partial charge in [0, 0.05) is 6.20 Å². The zero-order valence-electron chi connectivity index (χ0n) is 22.5. The highest BCUT2D eigenvalue weighted by atomic mass is 32.5. The van der Waals surface area contributed by atoms with Gasteiger partial charge in [-0.2, -0.15) is 4.98 Å². The van der Waals surface area contributed by atoms with Crippen molar-refractivity contribution in [3.05, 3.63) is 35.3 Å². The van der Waals surface area contributed by atoms with Crippen LogP contribution in [0.4, 0.5) is 16.0 Å². The molecular weight excluding hydrogens is 683 g/mol.